The third-order valence-electron chi connectivity index (χ3n) is 2.17. The van der Waals surface area contributed by atoms with Crippen molar-refractivity contribution in [2.24, 2.45) is 0 Å². The molecule has 0 saturated heterocycles. The van der Waals surface area contributed by atoms with Crippen LogP contribution in [0.25, 0.3) is 0 Å². The van der Waals surface area contributed by atoms with Crippen LogP contribution in [0.15, 0.2) is 30.3 Å². The van der Waals surface area contributed by atoms with Crippen LogP contribution < -0.4 is 10.1 Å². The zero-order chi connectivity index (χ0) is 12.5. The van der Waals surface area contributed by atoms with E-state index >= 15 is 0 Å². The van der Waals surface area contributed by atoms with Gasteiger partial charge in [-0.2, -0.15) is 0 Å². The molecule has 17 heavy (non-hydrogen) atoms. The topological polar surface area (TPSA) is 64.6 Å². The Kier molecular flexibility index (Phi) is 5.74. The molecule has 1 aromatic rings. The minimum atomic E-state index is -0.677. The SMILES string of the molecule is COC(CCOc1ccccc1)C(=O)NC=O. The maximum atomic E-state index is 11.3. The number of carbonyl (C=O) groups excluding carboxylic acids is 2. The quantitative estimate of drug-likeness (QED) is 0.710. The van der Waals surface area contributed by atoms with Crippen LogP contribution in [-0.4, -0.2) is 32.1 Å². The van der Waals surface area contributed by atoms with Gasteiger partial charge in [-0.05, 0) is 12.1 Å². The smallest absolute Gasteiger partial charge is 0.255 e. The molecule has 0 spiro atoms. The van der Waals surface area contributed by atoms with Gasteiger partial charge in [-0.3, -0.25) is 14.9 Å². The maximum Gasteiger partial charge on any atom is 0.255 e. The Morgan fingerprint density at radius 3 is 2.71 bits per heavy atom. The molecule has 1 atom stereocenters. The first-order valence-corrected chi connectivity index (χ1v) is 5.22. The van der Waals surface area contributed by atoms with Crippen molar-refractivity contribution in [3.63, 3.8) is 0 Å². The van der Waals surface area contributed by atoms with Gasteiger partial charge < -0.3 is 9.47 Å². The average Bonchev–Trinajstić information content (AvgIpc) is 2.36. The highest BCUT2D eigenvalue weighted by Gasteiger charge is 2.16. The number of hydrogen-bond donors (Lipinski definition) is 1. The molecule has 92 valence electrons. The Balaban J connectivity index is 2.33. The van der Waals surface area contributed by atoms with Crippen LogP contribution in [0.4, 0.5) is 0 Å². The minimum Gasteiger partial charge on any atom is -0.493 e. The number of para-hydroxylation sites is 1. The Hall–Kier alpha value is -1.88. The van der Waals surface area contributed by atoms with E-state index in [1.54, 1.807) is 0 Å². The highest BCUT2D eigenvalue weighted by Crippen LogP contribution is 2.09. The van der Waals surface area contributed by atoms with Gasteiger partial charge >= 0.3 is 0 Å². The zero-order valence-electron chi connectivity index (χ0n) is 9.59. The summed E-state index contributed by atoms with van der Waals surface area (Å²) in [5.74, 6) is 0.275. The molecular formula is C12H15NO4. The second-order valence-corrected chi connectivity index (χ2v) is 3.30. The summed E-state index contributed by atoms with van der Waals surface area (Å²) in [6.07, 6.45) is 0.0428. The van der Waals surface area contributed by atoms with Crippen molar-refractivity contribution in [2.45, 2.75) is 12.5 Å². The molecule has 5 heteroatoms. The molecule has 1 rings (SSSR count). The van der Waals surface area contributed by atoms with Crippen molar-refractivity contribution in [3.8, 4) is 5.75 Å². The lowest BCUT2D eigenvalue weighted by Crippen LogP contribution is -2.36. The lowest BCUT2D eigenvalue weighted by atomic mass is 10.2. The summed E-state index contributed by atoms with van der Waals surface area (Å²) < 4.78 is 10.4. The van der Waals surface area contributed by atoms with Crippen LogP contribution in [-0.2, 0) is 14.3 Å². The van der Waals surface area contributed by atoms with E-state index in [0.717, 1.165) is 5.75 Å². The molecule has 1 N–H and O–H groups in total. The number of methoxy groups -OCH3 is 1. The molecule has 5 nitrogen and oxygen atoms in total. The predicted octanol–water partition coefficient (Wildman–Crippen LogP) is 0.743. The van der Waals surface area contributed by atoms with Crippen LogP contribution >= 0.6 is 0 Å². The van der Waals surface area contributed by atoms with Crippen molar-refractivity contribution in [2.75, 3.05) is 13.7 Å². The lowest BCUT2D eigenvalue weighted by molar-refractivity contribution is -0.134. The highest BCUT2D eigenvalue weighted by molar-refractivity contribution is 5.89. The maximum absolute atomic E-state index is 11.3. The molecule has 0 aromatic heterocycles. The van der Waals surface area contributed by atoms with Gasteiger partial charge in [0.15, 0.2) is 0 Å². The number of benzene rings is 1. The number of nitrogens with one attached hydrogen (secondary N) is 1. The molecule has 1 aromatic carbocycles. The van der Waals surface area contributed by atoms with Gasteiger partial charge in [-0.1, -0.05) is 18.2 Å². The first-order chi connectivity index (χ1) is 8.27. The summed E-state index contributed by atoms with van der Waals surface area (Å²) in [6, 6.07) is 9.27. The second kappa shape index (κ2) is 7.40. The number of carbonyl (C=O) groups is 2. The lowest BCUT2D eigenvalue weighted by Gasteiger charge is -2.13. The van der Waals surface area contributed by atoms with E-state index in [2.05, 4.69) is 0 Å². The summed E-state index contributed by atoms with van der Waals surface area (Å²) >= 11 is 0. The first kappa shape index (κ1) is 13.2. The van der Waals surface area contributed by atoms with Gasteiger partial charge in [-0.25, -0.2) is 0 Å². The van der Waals surface area contributed by atoms with Crippen molar-refractivity contribution < 1.29 is 19.1 Å². The van der Waals surface area contributed by atoms with Crippen molar-refractivity contribution in [1.82, 2.24) is 5.32 Å². The van der Waals surface area contributed by atoms with Gasteiger partial charge in [0, 0.05) is 13.5 Å². The predicted molar refractivity (Wildman–Crippen MR) is 61.6 cm³/mol. The Morgan fingerprint density at radius 2 is 2.12 bits per heavy atom. The second-order valence-electron chi connectivity index (χ2n) is 3.30. The number of amides is 2. The van der Waals surface area contributed by atoms with Gasteiger partial charge in [0.25, 0.3) is 5.91 Å². The van der Waals surface area contributed by atoms with E-state index in [1.807, 2.05) is 35.6 Å². The van der Waals surface area contributed by atoms with Crippen LogP contribution in [0.3, 0.4) is 0 Å². The molecular weight excluding hydrogens is 222 g/mol. The zero-order valence-corrected chi connectivity index (χ0v) is 9.59. The fourth-order valence-electron chi connectivity index (χ4n) is 1.31. The molecule has 0 bridgehead atoms. The Labute approximate surface area is 99.7 Å². The third-order valence-corrected chi connectivity index (χ3v) is 2.17. The fourth-order valence-corrected chi connectivity index (χ4v) is 1.31. The molecule has 0 aliphatic heterocycles. The van der Waals surface area contributed by atoms with E-state index in [1.165, 1.54) is 7.11 Å². The van der Waals surface area contributed by atoms with Crippen molar-refractivity contribution in [1.29, 1.82) is 0 Å². The van der Waals surface area contributed by atoms with E-state index < -0.39 is 12.0 Å². The van der Waals surface area contributed by atoms with Crippen LogP contribution in [0.2, 0.25) is 0 Å². The number of imide groups is 1. The van der Waals surface area contributed by atoms with Crippen molar-refractivity contribution in [3.05, 3.63) is 30.3 Å². The van der Waals surface area contributed by atoms with Crippen molar-refractivity contribution >= 4 is 12.3 Å². The number of ether oxygens (including phenoxy) is 2. The first-order valence-electron chi connectivity index (χ1n) is 5.22. The van der Waals surface area contributed by atoms with E-state index in [-0.39, 0.29) is 0 Å². The Bertz CT molecular complexity index is 353. The summed E-state index contributed by atoms with van der Waals surface area (Å²) in [7, 11) is 1.41. The summed E-state index contributed by atoms with van der Waals surface area (Å²) in [4.78, 5) is 21.4. The van der Waals surface area contributed by atoms with E-state index in [0.29, 0.717) is 19.4 Å². The fraction of sp³-hybridized carbons (Fsp3) is 0.333. The van der Waals surface area contributed by atoms with Crippen LogP contribution in [0, 0.1) is 0 Å². The molecule has 0 heterocycles. The molecule has 2 amide bonds. The average molecular weight is 237 g/mol. The van der Waals surface area contributed by atoms with Gasteiger partial charge in [0.05, 0.1) is 6.61 Å². The molecule has 0 fully saturated rings. The largest absolute Gasteiger partial charge is 0.493 e. The van der Waals surface area contributed by atoms with Crippen LogP contribution in [0.5, 0.6) is 5.75 Å². The molecule has 0 aliphatic rings. The standard InChI is InChI=1S/C12H15NO4/c1-16-11(12(15)13-9-14)7-8-17-10-5-3-2-4-6-10/h2-6,9,11H,7-8H2,1H3,(H,13,14,15). The van der Waals surface area contributed by atoms with Gasteiger partial charge in [0.2, 0.25) is 6.41 Å². The summed E-state index contributed by atoms with van der Waals surface area (Å²) in [5, 5.41) is 2.05. The third kappa shape index (κ3) is 4.65. The summed E-state index contributed by atoms with van der Waals surface area (Å²) in [5.41, 5.74) is 0. The summed E-state index contributed by atoms with van der Waals surface area (Å²) in [6.45, 7) is 0.342. The van der Waals surface area contributed by atoms with Gasteiger partial charge in [0.1, 0.15) is 11.9 Å². The number of hydrogen-bond acceptors (Lipinski definition) is 4. The molecule has 1 unspecified atom stereocenters. The van der Waals surface area contributed by atoms with Gasteiger partial charge in [-0.15, -0.1) is 0 Å². The minimum absolute atomic E-state index is 0.340. The molecule has 0 saturated carbocycles. The van der Waals surface area contributed by atoms with Crippen LogP contribution in [0.1, 0.15) is 6.42 Å². The Morgan fingerprint density at radius 1 is 1.41 bits per heavy atom. The highest BCUT2D eigenvalue weighted by atomic mass is 16.5. The van der Waals surface area contributed by atoms with E-state index in [9.17, 15) is 9.59 Å². The normalized spacial score (nSPS) is 11.6. The van der Waals surface area contributed by atoms with E-state index in [4.69, 9.17) is 9.47 Å². The number of rotatable bonds is 7. The molecule has 0 radical (unpaired) electrons. The molecule has 0 aliphatic carbocycles. The monoisotopic (exact) mass is 237 g/mol.